The molecule has 0 radical (unpaired) electrons. The van der Waals surface area contributed by atoms with Gasteiger partial charge in [0.15, 0.2) is 9.84 Å². The second-order valence-corrected chi connectivity index (χ2v) is 9.46. The molecule has 94 valence electrons. The van der Waals surface area contributed by atoms with Crippen LogP contribution in [0.3, 0.4) is 0 Å². The minimum Gasteiger partial charge on any atom is -0.290 e. The number of sulfone groups is 1. The molecule has 1 aromatic rings. The molecule has 0 fully saturated rings. The highest BCUT2D eigenvalue weighted by molar-refractivity contribution is 14.1. The third kappa shape index (κ3) is 2.97. The van der Waals surface area contributed by atoms with E-state index in [0.29, 0.717) is 0 Å². The zero-order chi connectivity index (χ0) is 13.3. The predicted octanol–water partition coefficient (Wildman–Crippen LogP) is 2.77. The van der Waals surface area contributed by atoms with Crippen LogP contribution >= 0.6 is 34.2 Å². The van der Waals surface area contributed by atoms with Crippen LogP contribution in [-0.4, -0.2) is 22.2 Å². The molecule has 0 spiro atoms. The average molecular weight is 391 g/mol. The predicted molar refractivity (Wildman–Crippen MR) is 72.8 cm³/mol. The van der Waals surface area contributed by atoms with Gasteiger partial charge < -0.3 is 0 Å². The molecule has 0 unspecified atom stereocenters. The highest BCUT2D eigenvalue weighted by Crippen LogP contribution is 2.35. The molecule has 0 saturated heterocycles. The van der Waals surface area contributed by atoms with Gasteiger partial charge in [0.25, 0.3) is 2.21 Å². The summed E-state index contributed by atoms with van der Waals surface area (Å²) in [4.78, 5) is 11.9. The second-order valence-electron chi connectivity index (χ2n) is 3.26. The fraction of sp³-hybridized carbons (Fsp3) is 0.300. The Bertz CT molecular complexity index is 542. The molecule has 0 aromatic heterocycles. The van der Waals surface area contributed by atoms with E-state index in [2.05, 4.69) is 0 Å². The van der Waals surface area contributed by atoms with Crippen molar-refractivity contribution in [1.82, 2.24) is 0 Å². The molecule has 0 bridgehead atoms. The summed E-state index contributed by atoms with van der Waals surface area (Å²) in [7, 11) is -3.78. The van der Waals surface area contributed by atoms with Crippen LogP contribution in [0, 0.1) is 5.82 Å². The average Bonchev–Trinajstić information content (AvgIpc) is 2.27. The number of rotatable bonds is 4. The smallest absolute Gasteiger partial charge is 0.257 e. The van der Waals surface area contributed by atoms with Crippen LogP contribution in [0.1, 0.15) is 17.3 Å². The molecule has 0 saturated carbocycles. The fourth-order valence-electron chi connectivity index (χ4n) is 1.12. The zero-order valence-electron chi connectivity index (χ0n) is 8.78. The minimum atomic E-state index is -3.78. The fourth-order valence-corrected chi connectivity index (χ4v) is 3.57. The van der Waals surface area contributed by atoms with Crippen LogP contribution in [-0.2, 0) is 9.84 Å². The lowest BCUT2D eigenvalue weighted by Gasteiger charge is -2.18. The minimum absolute atomic E-state index is 0.0635. The summed E-state index contributed by atoms with van der Waals surface area (Å²) in [6, 6.07) is 4.77. The summed E-state index contributed by atoms with van der Waals surface area (Å²) < 4.78 is 34.2. The van der Waals surface area contributed by atoms with Gasteiger partial charge in [0, 0.05) is 5.56 Å². The van der Waals surface area contributed by atoms with Crippen molar-refractivity contribution in [2.45, 2.75) is 9.14 Å². The summed E-state index contributed by atoms with van der Waals surface area (Å²) >= 11 is 7.16. The maximum atomic E-state index is 12.9. The Hall–Kier alpha value is -0.210. The lowest BCUT2D eigenvalue weighted by molar-refractivity contribution is 0.100. The van der Waals surface area contributed by atoms with Gasteiger partial charge in [-0.05, 0) is 34.7 Å². The number of carbonyl (C=O) groups is 1. The van der Waals surface area contributed by atoms with E-state index in [1.54, 1.807) is 0 Å². The van der Waals surface area contributed by atoms with Crippen LogP contribution in [0.25, 0.3) is 0 Å². The Morgan fingerprint density at radius 1 is 1.53 bits per heavy atom. The van der Waals surface area contributed by atoms with Crippen LogP contribution in [0.15, 0.2) is 24.3 Å². The van der Waals surface area contributed by atoms with Gasteiger partial charge in [-0.1, -0.05) is 30.7 Å². The van der Waals surface area contributed by atoms with Crippen molar-refractivity contribution in [3.8, 4) is 0 Å². The van der Waals surface area contributed by atoms with E-state index in [9.17, 15) is 17.6 Å². The van der Waals surface area contributed by atoms with E-state index < -0.39 is 23.7 Å². The first-order chi connectivity index (χ1) is 7.72. The van der Waals surface area contributed by atoms with Gasteiger partial charge >= 0.3 is 0 Å². The molecule has 1 aromatic carbocycles. The van der Waals surface area contributed by atoms with E-state index in [0.717, 1.165) is 12.1 Å². The van der Waals surface area contributed by atoms with Gasteiger partial charge in [0.2, 0.25) is 5.78 Å². The summed E-state index contributed by atoms with van der Waals surface area (Å²) in [5, 5.41) is 0. The SMILES string of the molecule is CCS(=O)(=O)[C@@](Cl)(I)C(=O)c1cccc(F)c1. The summed E-state index contributed by atoms with van der Waals surface area (Å²) in [5.41, 5.74) is -0.0635. The third-order valence-electron chi connectivity index (χ3n) is 2.12. The van der Waals surface area contributed by atoms with Gasteiger partial charge in [-0.3, -0.25) is 4.79 Å². The number of hydrogen-bond donors (Lipinski definition) is 0. The lowest BCUT2D eigenvalue weighted by Crippen LogP contribution is -2.36. The van der Waals surface area contributed by atoms with Gasteiger partial charge in [-0.25, -0.2) is 12.8 Å². The first kappa shape index (κ1) is 14.8. The Morgan fingerprint density at radius 2 is 2.12 bits per heavy atom. The molecule has 17 heavy (non-hydrogen) atoms. The number of alkyl halides is 2. The molecule has 0 N–H and O–H groups in total. The highest BCUT2D eigenvalue weighted by Gasteiger charge is 2.45. The van der Waals surface area contributed by atoms with E-state index in [1.165, 1.54) is 41.6 Å². The number of ketones is 1. The Labute approximate surface area is 117 Å². The van der Waals surface area contributed by atoms with Crippen molar-refractivity contribution in [2.75, 3.05) is 5.75 Å². The molecule has 1 rings (SSSR count). The van der Waals surface area contributed by atoms with Crippen LogP contribution in [0.2, 0.25) is 0 Å². The molecule has 3 nitrogen and oxygen atoms in total. The maximum Gasteiger partial charge on any atom is 0.257 e. The van der Waals surface area contributed by atoms with Gasteiger partial charge in [-0.15, -0.1) is 0 Å². The van der Waals surface area contributed by atoms with E-state index >= 15 is 0 Å². The first-order valence-corrected chi connectivity index (χ1v) is 7.73. The van der Waals surface area contributed by atoms with Crippen molar-refractivity contribution >= 4 is 49.8 Å². The van der Waals surface area contributed by atoms with Gasteiger partial charge in [0.1, 0.15) is 5.82 Å². The van der Waals surface area contributed by atoms with Crippen LogP contribution in [0.4, 0.5) is 4.39 Å². The standard InChI is InChI=1S/C10H9ClFIO3S/c1-2-17(15,16)10(11,13)9(14)7-4-3-5-8(12)6-7/h3-6H,2H2,1H3/t10-/m0/s1. The normalized spacial score (nSPS) is 15.3. The first-order valence-electron chi connectivity index (χ1n) is 4.63. The quantitative estimate of drug-likeness (QED) is 0.451. The van der Waals surface area contributed by atoms with Crippen LogP contribution in [0.5, 0.6) is 0 Å². The molecular weight excluding hydrogens is 382 g/mol. The number of benzene rings is 1. The zero-order valence-corrected chi connectivity index (χ0v) is 12.5. The van der Waals surface area contributed by atoms with Crippen molar-refractivity contribution in [1.29, 1.82) is 0 Å². The molecule has 1 atom stereocenters. The van der Waals surface area contributed by atoms with E-state index in [-0.39, 0.29) is 11.3 Å². The van der Waals surface area contributed by atoms with Crippen molar-refractivity contribution < 1.29 is 17.6 Å². The van der Waals surface area contributed by atoms with Gasteiger partial charge in [0.05, 0.1) is 5.75 Å². The number of hydrogen-bond acceptors (Lipinski definition) is 3. The molecule has 0 aliphatic rings. The molecule has 0 aliphatic heterocycles. The topological polar surface area (TPSA) is 51.2 Å². The summed E-state index contributed by atoms with van der Waals surface area (Å²) in [6.07, 6.45) is 0. The van der Waals surface area contributed by atoms with Gasteiger partial charge in [-0.2, -0.15) is 0 Å². The number of carbonyl (C=O) groups excluding carboxylic acids is 1. The Balaban J connectivity index is 3.23. The molecular formula is C10H9ClFIO3S. The summed E-state index contributed by atoms with van der Waals surface area (Å²) in [5.74, 6) is -1.71. The lowest BCUT2D eigenvalue weighted by atomic mass is 10.1. The molecule has 0 aliphatic carbocycles. The van der Waals surface area contributed by atoms with E-state index in [4.69, 9.17) is 11.6 Å². The highest BCUT2D eigenvalue weighted by atomic mass is 127. The van der Waals surface area contributed by atoms with Crippen molar-refractivity contribution in [3.05, 3.63) is 35.6 Å². The number of halogens is 3. The Kier molecular flexibility index (Phi) is 4.54. The molecule has 0 amide bonds. The second kappa shape index (κ2) is 5.19. The molecule has 0 heterocycles. The summed E-state index contributed by atoms with van der Waals surface area (Å²) in [6.45, 7) is 1.39. The number of Topliss-reactive ketones (excluding diaryl/α,β-unsaturated/α-hetero) is 1. The monoisotopic (exact) mass is 390 g/mol. The largest absolute Gasteiger partial charge is 0.290 e. The van der Waals surface area contributed by atoms with Crippen molar-refractivity contribution in [3.63, 3.8) is 0 Å². The Morgan fingerprint density at radius 3 is 2.59 bits per heavy atom. The van der Waals surface area contributed by atoms with Crippen LogP contribution < -0.4 is 0 Å². The van der Waals surface area contributed by atoms with E-state index in [1.807, 2.05) is 0 Å². The third-order valence-corrected chi connectivity index (χ3v) is 7.23. The maximum absolute atomic E-state index is 12.9. The van der Waals surface area contributed by atoms with Crippen molar-refractivity contribution in [2.24, 2.45) is 0 Å². The molecule has 7 heteroatoms.